The van der Waals surface area contributed by atoms with Crippen molar-refractivity contribution < 1.29 is 9.90 Å². The predicted octanol–water partition coefficient (Wildman–Crippen LogP) is 2.04. The number of nitrogens with one attached hydrogen (secondary N) is 1. The molecule has 1 aromatic carbocycles. The molecule has 0 aliphatic rings. The Morgan fingerprint density at radius 2 is 2.35 bits per heavy atom. The molecular weight excluding hydrogens is 238 g/mol. The van der Waals surface area contributed by atoms with Crippen LogP contribution >= 0.6 is 11.3 Å². The lowest BCUT2D eigenvalue weighted by Gasteiger charge is -2.10. The second kappa shape index (κ2) is 4.84. The highest BCUT2D eigenvalue weighted by molar-refractivity contribution is 7.09. The topological polar surface area (TPSA) is 88.2 Å². The molecule has 0 atom stereocenters. The molecule has 6 heteroatoms. The number of aromatic nitrogens is 1. The standard InChI is InChI=1S/C11H11N3O2S/c12-8-3-1-2-7(11(15)16)10(8)14-6-9-13-4-5-17-9/h1-5,14H,6,12H2,(H,15,16). The number of hydrogen-bond donors (Lipinski definition) is 3. The fourth-order valence-corrected chi connectivity index (χ4v) is 2.01. The summed E-state index contributed by atoms with van der Waals surface area (Å²) >= 11 is 1.50. The molecule has 1 heterocycles. The zero-order valence-corrected chi connectivity index (χ0v) is 9.70. The van der Waals surface area contributed by atoms with Gasteiger partial charge in [-0.15, -0.1) is 11.3 Å². The molecule has 0 bridgehead atoms. The van der Waals surface area contributed by atoms with Gasteiger partial charge in [-0.3, -0.25) is 0 Å². The molecule has 0 saturated heterocycles. The van der Waals surface area contributed by atoms with E-state index in [1.165, 1.54) is 17.4 Å². The summed E-state index contributed by atoms with van der Waals surface area (Å²) < 4.78 is 0. The second-order valence-corrected chi connectivity index (χ2v) is 4.33. The van der Waals surface area contributed by atoms with Crippen molar-refractivity contribution in [1.82, 2.24) is 4.98 Å². The van der Waals surface area contributed by atoms with Crippen LogP contribution in [0.3, 0.4) is 0 Å². The van der Waals surface area contributed by atoms with Crippen molar-refractivity contribution >= 4 is 28.7 Å². The van der Waals surface area contributed by atoms with Crippen molar-refractivity contribution in [3.05, 3.63) is 40.3 Å². The molecule has 5 nitrogen and oxygen atoms in total. The van der Waals surface area contributed by atoms with Crippen molar-refractivity contribution in [1.29, 1.82) is 0 Å². The van der Waals surface area contributed by atoms with Crippen LogP contribution in [0, 0.1) is 0 Å². The Balaban J connectivity index is 2.22. The van der Waals surface area contributed by atoms with Gasteiger partial charge in [0.25, 0.3) is 0 Å². The molecule has 17 heavy (non-hydrogen) atoms. The van der Waals surface area contributed by atoms with E-state index in [-0.39, 0.29) is 5.56 Å². The molecule has 2 rings (SSSR count). The van der Waals surface area contributed by atoms with E-state index in [1.54, 1.807) is 18.3 Å². The van der Waals surface area contributed by atoms with Gasteiger partial charge in [0.05, 0.1) is 23.5 Å². The van der Waals surface area contributed by atoms with E-state index >= 15 is 0 Å². The third kappa shape index (κ3) is 2.54. The molecule has 88 valence electrons. The maximum Gasteiger partial charge on any atom is 0.337 e. The number of nitrogens with zero attached hydrogens (tertiary/aromatic N) is 1. The Hall–Kier alpha value is -2.08. The van der Waals surface area contributed by atoms with Gasteiger partial charge < -0.3 is 16.2 Å². The van der Waals surface area contributed by atoms with Gasteiger partial charge in [0, 0.05) is 11.6 Å². The SMILES string of the molecule is Nc1cccc(C(=O)O)c1NCc1nccs1. The van der Waals surface area contributed by atoms with Crippen LogP contribution in [0.2, 0.25) is 0 Å². The van der Waals surface area contributed by atoms with Crippen molar-refractivity contribution in [2.45, 2.75) is 6.54 Å². The molecule has 0 aliphatic carbocycles. The molecule has 4 N–H and O–H groups in total. The average molecular weight is 249 g/mol. The van der Waals surface area contributed by atoms with E-state index < -0.39 is 5.97 Å². The summed E-state index contributed by atoms with van der Waals surface area (Å²) in [5.74, 6) is -1.00. The number of para-hydroxylation sites is 1. The maximum absolute atomic E-state index is 11.0. The molecule has 1 aromatic heterocycles. The number of anilines is 2. The number of nitrogens with two attached hydrogens (primary N) is 1. The van der Waals surface area contributed by atoms with E-state index in [2.05, 4.69) is 10.3 Å². The van der Waals surface area contributed by atoms with E-state index in [9.17, 15) is 4.79 Å². The van der Waals surface area contributed by atoms with Gasteiger partial charge >= 0.3 is 5.97 Å². The van der Waals surface area contributed by atoms with E-state index in [0.717, 1.165) is 5.01 Å². The number of carboxylic acid groups (broad SMARTS) is 1. The molecule has 0 fully saturated rings. The summed E-state index contributed by atoms with van der Waals surface area (Å²) in [6.45, 7) is 0.464. The Bertz CT molecular complexity index is 526. The minimum Gasteiger partial charge on any atom is -0.478 e. The molecule has 2 aromatic rings. The molecule has 0 aliphatic heterocycles. The third-order valence-electron chi connectivity index (χ3n) is 2.23. The van der Waals surface area contributed by atoms with Gasteiger partial charge in [-0.1, -0.05) is 6.07 Å². The summed E-state index contributed by atoms with van der Waals surface area (Å²) in [5, 5.41) is 14.8. The number of benzene rings is 1. The number of carbonyl (C=O) groups is 1. The Labute approximate surface area is 102 Å². The van der Waals surface area contributed by atoms with Crippen LogP contribution in [-0.2, 0) is 6.54 Å². The smallest absolute Gasteiger partial charge is 0.337 e. The molecule has 0 amide bonds. The van der Waals surface area contributed by atoms with Crippen LogP contribution in [0.4, 0.5) is 11.4 Å². The van der Waals surface area contributed by atoms with Gasteiger partial charge in [-0.05, 0) is 12.1 Å². The molecule has 0 spiro atoms. The highest BCUT2D eigenvalue weighted by atomic mass is 32.1. The Morgan fingerprint density at radius 1 is 1.53 bits per heavy atom. The fourth-order valence-electron chi connectivity index (χ4n) is 1.45. The Kier molecular flexibility index (Phi) is 3.24. The van der Waals surface area contributed by atoms with Crippen LogP contribution in [0.5, 0.6) is 0 Å². The Morgan fingerprint density at radius 3 is 3.00 bits per heavy atom. The first-order valence-electron chi connectivity index (χ1n) is 4.92. The zero-order valence-electron chi connectivity index (χ0n) is 8.88. The van der Waals surface area contributed by atoms with Crippen molar-refractivity contribution in [3.8, 4) is 0 Å². The van der Waals surface area contributed by atoms with Crippen LogP contribution in [-0.4, -0.2) is 16.1 Å². The van der Waals surface area contributed by atoms with Crippen LogP contribution in [0.15, 0.2) is 29.8 Å². The first-order chi connectivity index (χ1) is 8.18. The van der Waals surface area contributed by atoms with Gasteiger partial charge in [0.1, 0.15) is 5.01 Å². The lowest BCUT2D eigenvalue weighted by atomic mass is 10.1. The summed E-state index contributed by atoms with van der Waals surface area (Å²) in [4.78, 5) is 15.1. The van der Waals surface area contributed by atoms with Crippen LogP contribution < -0.4 is 11.1 Å². The monoisotopic (exact) mass is 249 g/mol. The summed E-state index contributed by atoms with van der Waals surface area (Å²) in [6, 6.07) is 4.80. The second-order valence-electron chi connectivity index (χ2n) is 3.35. The van der Waals surface area contributed by atoms with E-state index in [1.807, 2.05) is 5.38 Å². The normalized spacial score (nSPS) is 10.1. The summed E-state index contributed by atoms with van der Waals surface area (Å²) in [6.07, 6.45) is 1.70. The van der Waals surface area contributed by atoms with Crippen molar-refractivity contribution in [2.75, 3.05) is 11.1 Å². The summed E-state index contributed by atoms with van der Waals surface area (Å²) in [5.41, 5.74) is 6.78. The predicted molar refractivity (Wildman–Crippen MR) is 67.3 cm³/mol. The van der Waals surface area contributed by atoms with E-state index in [0.29, 0.717) is 17.9 Å². The van der Waals surface area contributed by atoms with Gasteiger partial charge in [0.15, 0.2) is 0 Å². The number of hydrogen-bond acceptors (Lipinski definition) is 5. The molecule has 0 saturated carbocycles. The maximum atomic E-state index is 11.0. The first-order valence-corrected chi connectivity index (χ1v) is 5.80. The van der Waals surface area contributed by atoms with Crippen LogP contribution in [0.1, 0.15) is 15.4 Å². The molecule has 0 radical (unpaired) electrons. The lowest BCUT2D eigenvalue weighted by Crippen LogP contribution is -2.08. The van der Waals surface area contributed by atoms with E-state index in [4.69, 9.17) is 10.8 Å². The largest absolute Gasteiger partial charge is 0.478 e. The van der Waals surface area contributed by atoms with Crippen molar-refractivity contribution in [3.63, 3.8) is 0 Å². The van der Waals surface area contributed by atoms with Gasteiger partial charge in [-0.25, -0.2) is 9.78 Å². The number of nitrogen functional groups attached to an aromatic ring is 1. The number of rotatable bonds is 4. The quantitative estimate of drug-likeness (QED) is 0.721. The van der Waals surface area contributed by atoms with Gasteiger partial charge in [-0.2, -0.15) is 0 Å². The zero-order chi connectivity index (χ0) is 12.3. The third-order valence-corrected chi connectivity index (χ3v) is 3.01. The van der Waals surface area contributed by atoms with Crippen LogP contribution in [0.25, 0.3) is 0 Å². The first kappa shape index (κ1) is 11.4. The number of carboxylic acids is 1. The molecular formula is C11H11N3O2S. The number of aromatic carboxylic acids is 1. The van der Waals surface area contributed by atoms with Gasteiger partial charge in [0.2, 0.25) is 0 Å². The lowest BCUT2D eigenvalue weighted by molar-refractivity contribution is 0.0698. The minimum atomic E-state index is -1.00. The fraction of sp³-hybridized carbons (Fsp3) is 0.0909. The average Bonchev–Trinajstić information content (AvgIpc) is 2.80. The van der Waals surface area contributed by atoms with Crippen molar-refractivity contribution in [2.24, 2.45) is 0 Å². The highest BCUT2D eigenvalue weighted by Crippen LogP contribution is 2.24. The minimum absolute atomic E-state index is 0.168. The molecule has 0 unspecified atom stereocenters. The highest BCUT2D eigenvalue weighted by Gasteiger charge is 2.12. The summed E-state index contributed by atoms with van der Waals surface area (Å²) in [7, 11) is 0. The number of thiazole rings is 1.